The first-order valence-corrected chi connectivity index (χ1v) is 10.5. The minimum atomic E-state index is -1.34. The van der Waals surface area contributed by atoms with E-state index in [2.05, 4.69) is 4.72 Å². The first-order valence-electron chi connectivity index (χ1n) is 9.38. The molecule has 1 N–H and O–H groups in total. The van der Waals surface area contributed by atoms with Crippen molar-refractivity contribution in [3.8, 4) is 11.5 Å². The number of nitrogens with one attached hydrogen (secondary N) is 1. The van der Waals surface area contributed by atoms with Crippen LogP contribution in [0.25, 0.3) is 0 Å². The summed E-state index contributed by atoms with van der Waals surface area (Å²) in [5.74, 6) is 1.09. The summed E-state index contributed by atoms with van der Waals surface area (Å²) in [4.78, 5) is 12.1. The molecular weight excluding hydrogens is 374 g/mol. The molecule has 1 unspecified atom stereocenters. The van der Waals surface area contributed by atoms with Gasteiger partial charge >= 0.3 is 5.97 Å². The Morgan fingerprint density at radius 2 is 1.89 bits per heavy atom. The molecule has 0 fully saturated rings. The largest absolute Gasteiger partial charge is 0.598 e. The Morgan fingerprint density at radius 3 is 2.54 bits per heavy atom. The Bertz CT molecular complexity index is 788. The fraction of sp³-hybridized carbons (Fsp3) is 0.409. The van der Waals surface area contributed by atoms with Crippen LogP contribution < -0.4 is 9.46 Å². The van der Waals surface area contributed by atoms with Crippen molar-refractivity contribution in [1.82, 2.24) is 4.72 Å². The van der Waals surface area contributed by atoms with E-state index in [-0.39, 0.29) is 12.4 Å². The van der Waals surface area contributed by atoms with Gasteiger partial charge in [0.2, 0.25) is 0 Å². The van der Waals surface area contributed by atoms with Crippen molar-refractivity contribution in [2.75, 3.05) is 6.61 Å². The topological polar surface area (TPSA) is 70.6 Å². The molecule has 0 saturated heterocycles. The third-order valence-corrected chi connectivity index (χ3v) is 5.67. The summed E-state index contributed by atoms with van der Waals surface area (Å²) in [6, 6.07) is 14.8. The summed E-state index contributed by atoms with van der Waals surface area (Å²) in [5.41, 5.74) is 1.85. The van der Waals surface area contributed by atoms with Crippen molar-refractivity contribution in [3.05, 3.63) is 59.7 Å². The van der Waals surface area contributed by atoms with Crippen LogP contribution in [0, 0.1) is 6.92 Å². The molecule has 0 radical (unpaired) electrons. The first-order chi connectivity index (χ1) is 13.2. The molecule has 0 saturated carbocycles. The highest BCUT2D eigenvalue weighted by atomic mass is 32.2. The molecule has 0 spiro atoms. The van der Waals surface area contributed by atoms with Crippen molar-refractivity contribution >= 4 is 17.3 Å². The van der Waals surface area contributed by atoms with Crippen LogP contribution in [0.1, 0.15) is 51.3 Å². The van der Waals surface area contributed by atoms with Gasteiger partial charge in [-0.25, -0.2) is 0 Å². The molecule has 0 bridgehead atoms. The summed E-state index contributed by atoms with van der Waals surface area (Å²) in [7, 11) is 0. The summed E-state index contributed by atoms with van der Waals surface area (Å²) in [6.45, 7) is 9.71. The van der Waals surface area contributed by atoms with E-state index in [0.29, 0.717) is 12.4 Å². The van der Waals surface area contributed by atoms with Gasteiger partial charge in [-0.3, -0.25) is 4.79 Å². The quantitative estimate of drug-likeness (QED) is 0.505. The molecular formula is C22H29NO4S. The maximum atomic E-state index is 12.6. The normalized spacial score (nSPS) is 13.6. The summed E-state index contributed by atoms with van der Waals surface area (Å²) in [5, 5.41) is 0. The second-order valence-corrected chi connectivity index (χ2v) is 9.50. The number of hydrogen-bond donors (Lipinski definition) is 1. The number of esters is 1. The van der Waals surface area contributed by atoms with Gasteiger partial charge in [0.15, 0.2) is 0 Å². The van der Waals surface area contributed by atoms with Crippen LogP contribution in [0.3, 0.4) is 0 Å². The molecule has 28 heavy (non-hydrogen) atoms. The highest BCUT2D eigenvalue weighted by Gasteiger charge is 2.31. The smallest absolute Gasteiger partial charge is 0.307 e. The van der Waals surface area contributed by atoms with E-state index < -0.39 is 22.2 Å². The SMILES string of the molecule is CCOC(=O)C[C@H](N[S+]([O-])C(C)(C)C)c1cccc(Oc2ccccc2C)c1. The molecule has 6 heteroatoms. The number of carbonyl (C=O) groups excluding carboxylic acids is 1. The fourth-order valence-electron chi connectivity index (χ4n) is 2.51. The lowest BCUT2D eigenvalue weighted by Gasteiger charge is -2.28. The fourth-order valence-corrected chi connectivity index (χ4v) is 3.34. The van der Waals surface area contributed by atoms with Gasteiger partial charge in [-0.2, -0.15) is 0 Å². The van der Waals surface area contributed by atoms with Crippen molar-refractivity contribution in [3.63, 3.8) is 0 Å². The Labute approximate surface area is 170 Å². The van der Waals surface area contributed by atoms with E-state index in [0.717, 1.165) is 16.9 Å². The molecule has 0 heterocycles. The summed E-state index contributed by atoms with van der Waals surface area (Å²) < 4.78 is 26.3. The van der Waals surface area contributed by atoms with Gasteiger partial charge in [0.25, 0.3) is 0 Å². The monoisotopic (exact) mass is 403 g/mol. The minimum Gasteiger partial charge on any atom is -0.598 e. The number of carbonyl (C=O) groups is 1. The van der Waals surface area contributed by atoms with Gasteiger partial charge in [0.05, 0.1) is 19.1 Å². The molecule has 2 aromatic carbocycles. The number of rotatable bonds is 8. The lowest BCUT2D eigenvalue weighted by atomic mass is 10.0. The average molecular weight is 404 g/mol. The van der Waals surface area contributed by atoms with E-state index in [1.807, 2.05) is 76.2 Å². The standard InChI is InChI=1S/C22H29NO4S/c1-6-26-21(24)15-19(23-28(25)22(3,4)5)17-11-9-12-18(14-17)27-20-13-8-7-10-16(20)2/h7-14,19,23H,6,15H2,1-5H3/t19-,28?/m0/s1. The molecule has 0 amide bonds. The van der Waals surface area contributed by atoms with Gasteiger partial charge in [-0.05, 0) is 63.9 Å². The Morgan fingerprint density at radius 1 is 1.18 bits per heavy atom. The van der Waals surface area contributed by atoms with E-state index in [1.54, 1.807) is 6.92 Å². The number of hydrogen-bond acceptors (Lipinski definition) is 5. The Kier molecular flexibility index (Phi) is 7.92. The predicted molar refractivity (Wildman–Crippen MR) is 113 cm³/mol. The van der Waals surface area contributed by atoms with Crippen LogP contribution in [-0.2, 0) is 20.9 Å². The van der Waals surface area contributed by atoms with Crippen molar-refractivity contribution in [2.45, 2.75) is 51.8 Å². The maximum absolute atomic E-state index is 12.6. The van der Waals surface area contributed by atoms with Gasteiger partial charge in [-0.1, -0.05) is 30.3 Å². The lowest BCUT2D eigenvalue weighted by molar-refractivity contribution is -0.143. The van der Waals surface area contributed by atoms with E-state index in [4.69, 9.17) is 9.47 Å². The van der Waals surface area contributed by atoms with Crippen LogP contribution >= 0.6 is 0 Å². The van der Waals surface area contributed by atoms with Crippen molar-refractivity contribution in [1.29, 1.82) is 0 Å². The molecule has 0 aromatic heterocycles. The molecule has 2 atom stereocenters. The zero-order valence-corrected chi connectivity index (χ0v) is 18.0. The number of para-hydroxylation sites is 1. The van der Waals surface area contributed by atoms with E-state index in [1.165, 1.54) is 0 Å². The highest BCUT2D eigenvalue weighted by Crippen LogP contribution is 2.29. The van der Waals surface area contributed by atoms with Crippen LogP contribution in [0.4, 0.5) is 0 Å². The van der Waals surface area contributed by atoms with Crippen LogP contribution in [0.15, 0.2) is 48.5 Å². The Hall–Kier alpha value is -2.02. The lowest BCUT2D eigenvalue weighted by Crippen LogP contribution is -2.42. The van der Waals surface area contributed by atoms with E-state index >= 15 is 0 Å². The number of ether oxygens (including phenoxy) is 2. The zero-order chi connectivity index (χ0) is 20.7. The molecule has 0 aliphatic heterocycles. The molecule has 2 rings (SSSR count). The minimum absolute atomic E-state index is 0.0868. The second-order valence-electron chi connectivity index (χ2n) is 7.50. The first kappa shape index (κ1) is 22.3. The number of benzene rings is 2. The third-order valence-electron chi connectivity index (χ3n) is 4.06. The van der Waals surface area contributed by atoms with Crippen LogP contribution in [0.5, 0.6) is 11.5 Å². The van der Waals surface area contributed by atoms with Crippen LogP contribution in [-0.4, -0.2) is 21.9 Å². The maximum Gasteiger partial charge on any atom is 0.307 e. The van der Waals surface area contributed by atoms with Crippen LogP contribution in [0.2, 0.25) is 0 Å². The number of aryl methyl sites for hydroxylation is 1. The van der Waals surface area contributed by atoms with E-state index in [9.17, 15) is 9.35 Å². The zero-order valence-electron chi connectivity index (χ0n) is 17.2. The third kappa shape index (κ3) is 6.55. The van der Waals surface area contributed by atoms with Crippen molar-refractivity contribution in [2.24, 2.45) is 0 Å². The molecule has 0 aliphatic rings. The molecule has 5 nitrogen and oxygen atoms in total. The Balaban J connectivity index is 2.26. The highest BCUT2D eigenvalue weighted by molar-refractivity contribution is 7.90. The summed E-state index contributed by atoms with van der Waals surface area (Å²) >= 11 is -1.34. The predicted octanol–water partition coefficient (Wildman–Crippen LogP) is 4.83. The molecule has 0 aliphatic carbocycles. The van der Waals surface area contributed by atoms with Gasteiger partial charge in [-0.15, -0.1) is 4.72 Å². The molecule has 152 valence electrons. The van der Waals surface area contributed by atoms with Gasteiger partial charge in [0.1, 0.15) is 16.2 Å². The van der Waals surface area contributed by atoms with Gasteiger partial charge in [0, 0.05) is 11.4 Å². The van der Waals surface area contributed by atoms with Gasteiger partial charge < -0.3 is 14.0 Å². The average Bonchev–Trinajstić information content (AvgIpc) is 2.63. The summed E-state index contributed by atoms with van der Waals surface area (Å²) in [6.07, 6.45) is 0.0868. The second kappa shape index (κ2) is 9.96. The molecule has 2 aromatic rings. The van der Waals surface area contributed by atoms with Crippen molar-refractivity contribution < 1.29 is 18.8 Å².